The van der Waals surface area contributed by atoms with Gasteiger partial charge >= 0.3 is 0 Å². The lowest BCUT2D eigenvalue weighted by atomic mass is 9.99. The average Bonchev–Trinajstić information content (AvgIpc) is 3.62. The van der Waals surface area contributed by atoms with Gasteiger partial charge in [0, 0.05) is 47.9 Å². The predicted molar refractivity (Wildman–Crippen MR) is 125 cm³/mol. The maximum absolute atomic E-state index is 12.6. The fourth-order valence-corrected chi connectivity index (χ4v) is 3.71. The predicted octanol–water partition coefficient (Wildman–Crippen LogP) is 4.40. The number of pyridine rings is 2. The molecule has 166 valence electrons. The van der Waals surface area contributed by atoms with Crippen LogP contribution in [0.2, 0.25) is 0 Å². The van der Waals surface area contributed by atoms with E-state index < -0.39 is 0 Å². The number of ether oxygens (including phenoxy) is 1. The summed E-state index contributed by atoms with van der Waals surface area (Å²) in [5, 5.41) is 3.56. The summed E-state index contributed by atoms with van der Waals surface area (Å²) in [6.07, 6.45) is 7.88. The zero-order valence-electron chi connectivity index (χ0n) is 18.5. The van der Waals surface area contributed by atoms with Crippen molar-refractivity contribution in [1.82, 2.24) is 15.3 Å². The lowest BCUT2D eigenvalue weighted by Gasteiger charge is -2.13. The second-order valence-corrected chi connectivity index (χ2v) is 8.27. The Labute approximate surface area is 187 Å². The topological polar surface area (TPSA) is 107 Å². The van der Waals surface area contributed by atoms with Crippen LogP contribution >= 0.6 is 0 Å². The molecule has 2 aromatic heterocycles. The van der Waals surface area contributed by atoms with Crippen LogP contribution in [0.5, 0.6) is 5.75 Å². The monoisotopic (exact) mass is 432 g/mol. The number of ketones is 1. The van der Waals surface area contributed by atoms with Crippen molar-refractivity contribution in [2.75, 3.05) is 19.4 Å². The Balaban J connectivity index is 1.67. The van der Waals surface area contributed by atoms with Crippen LogP contribution in [0.3, 0.4) is 0 Å². The molecule has 0 aliphatic heterocycles. The molecule has 1 aliphatic rings. The number of aromatic nitrogens is 2. The first-order chi connectivity index (χ1) is 15.5. The summed E-state index contributed by atoms with van der Waals surface area (Å²) < 4.78 is 5.57. The minimum Gasteiger partial charge on any atom is -0.496 e. The number of carbonyl (C=O) groups excluding carboxylic acids is 2. The summed E-state index contributed by atoms with van der Waals surface area (Å²) in [7, 11) is 1.59. The highest BCUT2D eigenvalue weighted by Gasteiger charge is 2.26. The zero-order valence-corrected chi connectivity index (χ0v) is 18.5. The number of hydrogen-bond donors (Lipinski definition) is 2. The van der Waals surface area contributed by atoms with Gasteiger partial charge in [0.25, 0.3) is 5.91 Å². The van der Waals surface area contributed by atoms with Gasteiger partial charge in [0.05, 0.1) is 23.9 Å². The highest BCUT2D eigenvalue weighted by molar-refractivity contribution is 6.08. The van der Waals surface area contributed by atoms with Crippen LogP contribution in [-0.2, 0) is 0 Å². The number of fused-ring (bicyclic) bond motifs is 1. The molecule has 0 radical (unpaired) electrons. The van der Waals surface area contributed by atoms with Gasteiger partial charge in [-0.3, -0.25) is 19.6 Å². The van der Waals surface area contributed by atoms with E-state index >= 15 is 0 Å². The minimum atomic E-state index is -0.192. The second-order valence-electron chi connectivity index (χ2n) is 8.27. The van der Waals surface area contributed by atoms with Crippen LogP contribution in [-0.4, -0.2) is 35.3 Å². The number of nitrogens with one attached hydrogen (secondary N) is 1. The normalized spacial score (nSPS) is 13.2. The van der Waals surface area contributed by atoms with E-state index in [9.17, 15) is 9.59 Å². The third-order valence-electron chi connectivity index (χ3n) is 5.83. The average molecular weight is 433 g/mol. The second kappa shape index (κ2) is 9.34. The first kappa shape index (κ1) is 21.7. The summed E-state index contributed by atoms with van der Waals surface area (Å²) in [6.45, 7) is 2.70. The van der Waals surface area contributed by atoms with Gasteiger partial charge in [-0.1, -0.05) is 19.4 Å². The van der Waals surface area contributed by atoms with Crippen LogP contribution in [0.15, 0.2) is 36.7 Å². The van der Waals surface area contributed by atoms with Gasteiger partial charge in [-0.15, -0.1) is 0 Å². The van der Waals surface area contributed by atoms with Gasteiger partial charge in [0.2, 0.25) is 0 Å². The van der Waals surface area contributed by atoms with Crippen molar-refractivity contribution in [2.45, 2.75) is 39.0 Å². The minimum absolute atomic E-state index is 0.0388. The Bertz CT molecular complexity index is 1150. The maximum Gasteiger partial charge on any atom is 0.269 e. The van der Waals surface area contributed by atoms with E-state index in [4.69, 9.17) is 10.5 Å². The number of benzene rings is 1. The fourth-order valence-electron chi connectivity index (χ4n) is 3.71. The van der Waals surface area contributed by atoms with Crippen molar-refractivity contribution in [2.24, 2.45) is 5.92 Å². The van der Waals surface area contributed by atoms with E-state index in [0.29, 0.717) is 52.5 Å². The van der Waals surface area contributed by atoms with Crippen molar-refractivity contribution in [3.8, 4) is 16.9 Å². The molecule has 1 fully saturated rings. The van der Waals surface area contributed by atoms with E-state index in [1.54, 1.807) is 25.6 Å². The molecular weight excluding hydrogens is 404 g/mol. The third-order valence-corrected chi connectivity index (χ3v) is 5.83. The Morgan fingerprint density at radius 1 is 1.19 bits per heavy atom. The van der Waals surface area contributed by atoms with E-state index in [1.165, 1.54) is 0 Å². The smallest absolute Gasteiger partial charge is 0.269 e. The molecule has 0 bridgehead atoms. The van der Waals surface area contributed by atoms with Gasteiger partial charge in [-0.2, -0.15) is 0 Å². The summed E-state index contributed by atoms with van der Waals surface area (Å²) in [5.74, 6) is 0.941. The van der Waals surface area contributed by atoms with E-state index in [1.807, 2.05) is 18.2 Å². The number of unbranched alkanes of at least 4 members (excludes halogenated alkanes) is 1. The molecule has 32 heavy (non-hydrogen) atoms. The zero-order chi connectivity index (χ0) is 22.7. The molecule has 7 heteroatoms. The van der Waals surface area contributed by atoms with Crippen LogP contribution in [0, 0.1) is 5.92 Å². The number of rotatable bonds is 9. The van der Waals surface area contributed by atoms with E-state index in [2.05, 4.69) is 22.2 Å². The van der Waals surface area contributed by atoms with Crippen LogP contribution in [0.25, 0.3) is 22.0 Å². The maximum atomic E-state index is 12.6. The summed E-state index contributed by atoms with van der Waals surface area (Å²) in [4.78, 5) is 33.7. The molecule has 1 amide bonds. The number of carbonyl (C=O) groups is 2. The lowest BCUT2D eigenvalue weighted by molar-refractivity contribution is 0.0946. The van der Waals surface area contributed by atoms with Gasteiger partial charge in [-0.05, 0) is 37.3 Å². The Hall–Kier alpha value is -3.48. The number of nitrogens with zero attached hydrogens (tertiary/aromatic N) is 2. The number of Topliss-reactive ketones (excluding diaryl/α,β-unsaturated/α-hetero) is 1. The molecule has 7 nitrogen and oxygen atoms in total. The number of methoxy groups -OCH3 is 1. The molecule has 2 heterocycles. The number of amides is 1. The Morgan fingerprint density at radius 3 is 2.66 bits per heavy atom. The molecule has 3 N–H and O–H groups in total. The van der Waals surface area contributed by atoms with Gasteiger partial charge in [0.15, 0.2) is 5.78 Å². The first-order valence-electron chi connectivity index (χ1n) is 11.1. The van der Waals surface area contributed by atoms with Crippen LogP contribution in [0.4, 0.5) is 5.69 Å². The Kier molecular flexibility index (Phi) is 6.35. The molecule has 3 aromatic rings. The molecule has 0 saturated heterocycles. The summed E-state index contributed by atoms with van der Waals surface area (Å²) >= 11 is 0. The molecule has 1 aromatic carbocycles. The molecule has 0 atom stereocenters. The van der Waals surface area contributed by atoms with Crippen molar-refractivity contribution < 1.29 is 14.3 Å². The van der Waals surface area contributed by atoms with E-state index in [-0.39, 0.29) is 11.7 Å². The van der Waals surface area contributed by atoms with Gasteiger partial charge < -0.3 is 15.8 Å². The number of nitrogens with two attached hydrogens (primary N) is 1. The third kappa shape index (κ3) is 4.56. The quantitative estimate of drug-likeness (QED) is 0.383. The summed E-state index contributed by atoms with van der Waals surface area (Å²) in [5.41, 5.74) is 9.88. The molecule has 1 aliphatic carbocycles. The molecule has 1 saturated carbocycles. The van der Waals surface area contributed by atoms with Crippen LogP contribution < -0.4 is 15.8 Å². The number of anilines is 1. The highest BCUT2D eigenvalue weighted by Crippen LogP contribution is 2.38. The number of nitrogen functional groups attached to an aromatic ring is 1. The first-order valence-corrected chi connectivity index (χ1v) is 11.1. The van der Waals surface area contributed by atoms with Crippen molar-refractivity contribution in [1.29, 1.82) is 0 Å². The van der Waals surface area contributed by atoms with E-state index in [0.717, 1.165) is 36.8 Å². The SMILES string of the molecule is CCCCNC(=O)c1ccc(-c2cc3c(N)c(C(=O)CC4CC4)cnc3cc2OC)cn1. The molecule has 4 rings (SSSR count). The van der Waals surface area contributed by atoms with Crippen molar-refractivity contribution >= 4 is 28.3 Å². The van der Waals surface area contributed by atoms with Crippen LogP contribution in [0.1, 0.15) is 59.9 Å². The standard InChI is InChI=1S/C25H28N4O3/c1-3-4-9-27-25(31)20-8-7-16(13-28-20)17-11-18-21(12-23(17)32-2)29-14-19(24(18)26)22(30)10-15-5-6-15/h7-8,11-15H,3-6,9-10H2,1-2H3,(H2,26,29)(H,27,31). The molecular formula is C25H28N4O3. The van der Waals surface area contributed by atoms with Gasteiger partial charge in [0.1, 0.15) is 11.4 Å². The molecule has 0 unspecified atom stereocenters. The highest BCUT2D eigenvalue weighted by atomic mass is 16.5. The largest absolute Gasteiger partial charge is 0.496 e. The number of hydrogen-bond acceptors (Lipinski definition) is 6. The molecule has 0 spiro atoms. The summed E-state index contributed by atoms with van der Waals surface area (Å²) in [6, 6.07) is 7.21. The van der Waals surface area contributed by atoms with Crippen molar-refractivity contribution in [3.63, 3.8) is 0 Å². The van der Waals surface area contributed by atoms with Crippen molar-refractivity contribution in [3.05, 3.63) is 47.9 Å². The van der Waals surface area contributed by atoms with Gasteiger partial charge in [-0.25, -0.2) is 0 Å². The lowest BCUT2D eigenvalue weighted by Crippen LogP contribution is -2.25. The fraction of sp³-hybridized carbons (Fsp3) is 0.360. The Morgan fingerprint density at radius 2 is 2.00 bits per heavy atom.